The van der Waals surface area contributed by atoms with Crippen molar-refractivity contribution in [1.29, 1.82) is 0 Å². The largest absolute Gasteiger partial charge is 0.514 e. The van der Waals surface area contributed by atoms with Crippen LogP contribution in [0.2, 0.25) is 0 Å². The maximum absolute atomic E-state index is 12.6. The first-order valence-electron chi connectivity index (χ1n) is 20.3. The number of unbranched alkanes of at least 4 members (excludes halogenated alkanes) is 4. The van der Waals surface area contributed by atoms with Gasteiger partial charge in [-0.05, 0) is 85.8 Å². The zero-order valence-corrected chi connectivity index (χ0v) is 37.4. The van der Waals surface area contributed by atoms with Crippen molar-refractivity contribution in [2.75, 3.05) is 38.9 Å². The summed E-state index contributed by atoms with van der Waals surface area (Å²) >= 11 is 0. The van der Waals surface area contributed by atoms with Crippen molar-refractivity contribution >= 4 is 45.7 Å². The van der Waals surface area contributed by atoms with E-state index in [1.165, 1.54) is 47.9 Å². The molecule has 0 heterocycles. The van der Waals surface area contributed by atoms with Gasteiger partial charge in [-0.1, -0.05) is 85.7 Å². The number of hydrogen-bond donors (Lipinski definition) is 4. The van der Waals surface area contributed by atoms with Gasteiger partial charge in [0.25, 0.3) is 0 Å². The van der Waals surface area contributed by atoms with E-state index in [0.29, 0.717) is 24.7 Å². The summed E-state index contributed by atoms with van der Waals surface area (Å²) in [5.74, 6) is 1.97. The second-order valence-corrected chi connectivity index (χ2v) is 17.0. The Balaban J connectivity index is 1.73. The van der Waals surface area contributed by atoms with Crippen LogP contribution in [0.1, 0.15) is 90.2 Å². The lowest BCUT2D eigenvalue weighted by Gasteiger charge is -2.17. The Morgan fingerprint density at radius 3 is 1.37 bits per heavy atom. The van der Waals surface area contributed by atoms with Crippen LogP contribution in [0.3, 0.4) is 0 Å². The number of rotatable bonds is 29. The molecule has 2 aromatic rings. The van der Waals surface area contributed by atoms with E-state index in [2.05, 4.69) is 62.6 Å². The molecule has 2 atom stereocenters. The van der Waals surface area contributed by atoms with Crippen LogP contribution in [0, 0.1) is 11.8 Å². The summed E-state index contributed by atoms with van der Waals surface area (Å²) in [5, 5.41) is 25.4. The molecule has 2 rings (SSSR count). The van der Waals surface area contributed by atoms with Gasteiger partial charge >= 0.3 is 12.3 Å². The fourth-order valence-electron chi connectivity index (χ4n) is 5.22. The smallest absolute Gasteiger partial charge is 0.493 e. The fourth-order valence-corrected chi connectivity index (χ4v) is 7.55. The van der Waals surface area contributed by atoms with Gasteiger partial charge in [0.2, 0.25) is 11.8 Å². The number of nitrogens with one attached hydrogen (secondary N) is 2. The molecule has 2 amide bonds. The third-order valence-electron chi connectivity index (χ3n) is 8.44. The van der Waals surface area contributed by atoms with Gasteiger partial charge in [-0.25, -0.2) is 9.59 Å². The number of methoxy groups -OCH3 is 2. The van der Waals surface area contributed by atoms with Gasteiger partial charge in [-0.2, -0.15) is 0 Å². The van der Waals surface area contributed by atoms with E-state index >= 15 is 0 Å². The van der Waals surface area contributed by atoms with Gasteiger partial charge in [0.15, 0.2) is 23.0 Å². The monoisotopic (exact) mass is 876 g/mol. The Labute approximate surface area is 362 Å². The number of ether oxygens (including phenoxy) is 6. The van der Waals surface area contributed by atoms with Gasteiger partial charge in [0, 0.05) is 37.4 Å². The molecule has 16 heteroatoms. The lowest BCUT2D eigenvalue weighted by molar-refractivity contribution is -0.122. The number of amides is 2. The molecule has 0 aromatic heterocycles. The summed E-state index contributed by atoms with van der Waals surface area (Å²) < 4.78 is 32.0. The van der Waals surface area contributed by atoms with E-state index < -0.39 is 37.7 Å². The zero-order chi connectivity index (χ0) is 44.1. The van der Waals surface area contributed by atoms with Crippen LogP contribution >= 0.6 is 21.6 Å². The zero-order valence-electron chi connectivity index (χ0n) is 35.8. The van der Waals surface area contributed by atoms with Crippen LogP contribution in [0.5, 0.6) is 23.0 Å². The third kappa shape index (κ3) is 22.8. The van der Waals surface area contributed by atoms with Crippen molar-refractivity contribution in [3.05, 3.63) is 71.8 Å². The summed E-state index contributed by atoms with van der Waals surface area (Å²) in [7, 11) is 5.29. The predicted octanol–water partition coefficient (Wildman–Crippen LogP) is 8.32. The average Bonchev–Trinajstić information content (AvgIpc) is 3.22. The van der Waals surface area contributed by atoms with Crippen molar-refractivity contribution < 1.29 is 57.8 Å². The molecule has 0 aliphatic carbocycles. The highest BCUT2D eigenvalue weighted by molar-refractivity contribution is 8.76. The highest BCUT2D eigenvalue weighted by atomic mass is 33.1. The summed E-state index contributed by atoms with van der Waals surface area (Å²) in [5.41, 5.74) is 1.50. The van der Waals surface area contributed by atoms with Crippen LogP contribution in [-0.2, 0) is 32.2 Å². The summed E-state index contributed by atoms with van der Waals surface area (Å²) in [6.07, 6.45) is 10.9. The molecular formula is C44H64N2O12S2. The van der Waals surface area contributed by atoms with Crippen molar-refractivity contribution in [3.63, 3.8) is 0 Å². The van der Waals surface area contributed by atoms with E-state index in [0.717, 1.165) is 49.7 Å². The van der Waals surface area contributed by atoms with Crippen molar-refractivity contribution in [2.24, 2.45) is 11.8 Å². The predicted molar refractivity (Wildman–Crippen MR) is 235 cm³/mol. The topological polar surface area (TPSA) is 188 Å². The lowest BCUT2D eigenvalue weighted by Crippen LogP contribution is -2.27. The van der Waals surface area contributed by atoms with Crippen molar-refractivity contribution in [2.45, 2.75) is 104 Å². The molecule has 0 saturated heterocycles. The number of hydrogen-bond acceptors (Lipinski definition) is 14. The highest BCUT2D eigenvalue weighted by Crippen LogP contribution is 2.31. The van der Waals surface area contributed by atoms with E-state index in [-0.39, 0.29) is 59.4 Å². The highest BCUT2D eigenvalue weighted by Gasteiger charge is 2.21. The normalized spacial score (nSPS) is 12.4. The maximum atomic E-state index is 12.6. The number of carbonyl (C=O) groups excluding carboxylic acids is 4. The van der Waals surface area contributed by atoms with Gasteiger partial charge in [-0.3, -0.25) is 9.59 Å². The van der Waals surface area contributed by atoms with E-state index in [4.69, 9.17) is 28.4 Å². The first-order chi connectivity index (χ1) is 28.9. The molecular weight excluding hydrogens is 813 g/mol. The number of carbonyl (C=O) groups is 4. The fraction of sp³-hybridized carbons (Fsp3) is 0.545. The van der Waals surface area contributed by atoms with Gasteiger partial charge in [0.05, 0.1) is 27.4 Å². The van der Waals surface area contributed by atoms with Crippen LogP contribution in [0.4, 0.5) is 9.59 Å². The van der Waals surface area contributed by atoms with Crippen LogP contribution in [0.25, 0.3) is 0 Å². The average molecular weight is 877 g/mol. The molecule has 4 N–H and O–H groups in total. The minimum absolute atomic E-state index is 0.0515. The lowest BCUT2D eigenvalue weighted by atomic mass is 10.1. The molecule has 2 unspecified atom stereocenters. The third-order valence-corrected chi connectivity index (χ3v) is 10.9. The van der Waals surface area contributed by atoms with Crippen molar-refractivity contribution in [3.8, 4) is 23.0 Å². The minimum Gasteiger partial charge on any atom is -0.493 e. The van der Waals surface area contributed by atoms with Crippen molar-refractivity contribution in [1.82, 2.24) is 10.6 Å². The minimum atomic E-state index is -1.05. The number of benzene rings is 2. The molecule has 334 valence electrons. The molecule has 14 nitrogen and oxygen atoms in total. The van der Waals surface area contributed by atoms with Gasteiger partial charge < -0.3 is 49.3 Å². The molecule has 0 bridgehead atoms. The Morgan fingerprint density at radius 2 is 1.02 bits per heavy atom. The Hall–Kier alpha value is -4.38. The van der Waals surface area contributed by atoms with E-state index in [1.807, 2.05) is 0 Å². The molecule has 0 fully saturated rings. The molecule has 0 saturated carbocycles. The van der Waals surface area contributed by atoms with Crippen LogP contribution in [0.15, 0.2) is 60.7 Å². The maximum Gasteiger partial charge on any atom is 0.514 e. The summed E-state index contributed by atoms with van der Waals surface area (Å²) in [6, 6.07) is 9.76. The first-order valence-corrected chi connectivity index (χ1v) is 22.8. The van der Waals surface area contributed by atoms with Gasteiger partial charge in [-0.15, -0.1) is 0 Å². The quantitative estimate of drug-likeness (QED) is 0.0201. The Morgan fingerprint density at radius 1 is 0.617 bits per heavy atom. The molecule has 0 radical (unpaired) electrons. The number of aliphatic hydroxyl groups excluding tert-OH is 2. The standard InChI is InChI=1S/C44H64N2O12S2/c1-31(2)15-11-7-9-13-17-41(49)45-25-33-19-21-37(39(23-33)53-5)57-43(51)55-35(27-47)29-59-60-30-36(28-48)56-44(52)58-38-22-20-34(24-40(38)54-6)26-46-42(50)18-14-10-8-12-16-32(3)4/h11-12,15-16,19-24,31-32,35-36,47-48H,7-10,13-14,17-18,25-30H2,1-6H3,(H,45,49)(H,46,50)/b15-11+,16-12+. The van der Waals surface area contributed by atoms with Crippen LogP contribution < -0.4 is 29.6 Å². The number of allylic oxidation sites excluding steroid dienone is 4. The Bertz CT molecular complexity index is 1530. The summed E-state index contributed by atoms with van der Waals surface area (Å²) in [6.45, 7) is 8.10. The second-order valence-electron chi connectivity index (χ2n) is 14.5. The SMILES string of the molecule is COc1cc(CNC(=O)CCCC/C=C/C(C)C)ccc1OC(=O)OC(CO)CSSCC(CO)OC(=O)Oc1ccc(CNC(=O)CCCC/C=C/C(C)C)cc1OC. The second kappa shape index (κ2) is 30.6. The molecule has 2 aromatic carbocycles. The number of aliphatic hydroxyl groups is 2. The first kappa shape index (κ1) is 51.8. The van der Waals surface area contributed by atoms with Crippen LogP contribution in [-0.4, -0.2) is 85.5 Å². The molecule has 0 aliphatic rings. The van der Waals surface area contributed by atoms with E-state index in [9.17, 15) is 29.4 Å². The molecule has 0 spiro atoms. The van der Waals surface area contributed by atoms with Gasteiger partial charge in [0.1, 0.15) is 12.2 Å². The van der Waals surface area contributed by atoms with E-state index in [1.54, 1.807) is 24.3 Å². The molecule has 60 heavy (non-hydrogen) atoms. The molecule has 0 aliphatic heterocycles. The Kier molecular flexibility index (Phi) is 26.4. The summed E-state index contributed by atoms with van der Waals surface area (Å²) in [4.78, 5) is 49.7.